The molecule has 0 aromatic heterocycles. The van der Waals surface area contributed by atoms with E-state index in [0.29, 0.717) is 6.61 Å². The first-order chi connectivity index (χ1) is 4.79. The average molecular weight is 141 g/mol. The van der Waals surface area contributed by atoms with Crippen LogP contribution in [-0.2, 0) is 9.53 Å². The van der Waals surface area contributed by atoms with Crippen molar-refractivity contribution in [1.29, 1.82) is 0 Å². The van der Waals surface area contributed by atoms with Gasteiger partial charge in [-0.2, -0.15) is 0 Å². The van der Waals surface area contributed by atoms with Gasteiger partial charge in [0.2, 0.25) is 0 Å². The van der Waals surface area contributed by atoms with Gasteiger partial charge >= 0.3 is 5.97 Å². The molecule has 0 aromatic carbocycles. The van der Waals surface area contributed by atoms with E-state index in [1.165, 1.54) is 6.92 Å². The molecule has 0 bridgehead atoms. The molecule has 1 rings (SSSR count). The predicted molar refractivity (Wildman–Crippen MR) is 37.6 cm³/mol. The van der Waals surface area contributed by atoms with Gasteiger partial charge in [-0.1, -0.05) is 6.08 Å². The third-order valence-corrected chi connectivity index (χ3v) is 1.35. The van der Waals surface area contributed by atoms with Crippen molar-refractivity contribution in [3.8, 4) is 0 Å². The van der Waals surface area contributed by atoms with Crippen molar-refractivity contribution < 1.29 is 9.53 Å². The molecule has 0 saturated heterocycles. The van der Waals surface area contributed by atoms with Crippen molar-refractivity contribution in [3.05, 3.63) is 11.6 Å². The van der Waals surface area contributed by atoms with E-state index in [-0.39, 0.29) is 5.97 Å². The number of carbonyl (C=O) groups excluding carboxylic acids is 1. The van der Waals surface area contributed by atoms with Crippen LogP contribution in [0.5, 0.6) is 0 Å². The van der Waals surface area contributed by atoms with Crippen molar-refractivity contribution in [3.63, 3.8) is 0 Å². The van der Waals surface area contributed by atoms with Crippen LogP contribution in [0.1, 0.15) is 6.92 Å². The molecule has 0 unspecified atom stereocenters. The molecule has 1 heterocycles. The normalized spacial score (nSPS) is 16.7. The summed E-state index contributed by atoms with van der Waals surface area (Å²) in [4.78, 5) is 10.3. The van der Waals surface area contributed by atoms with Crippen molar-refractivity contribution in [2.45, 2.75) is 6.92 Å². The lowest BCUT2D eigenvalue weighted by Crippen LogP contribution is -2.11. The lowest BCUT2D eigenvalue weighted by Gasteiger charge is -2.00. The zero-order valence-corrected chi connectivity index (χ0v) is 6.02. The lowest BCUT2D eigenvalue weighted by atomic mass is 10.3. The largest absolute Gasteiger partial charge is 0.461 e. The van der Waals surface area contributed by atoms with Crippen LogP contribution in [0, 0.1) is 0 Å². The predicted octanol–water partition coefficient (Wildman–Crippen LogP) is 0.0791. The van der Waals surface area contributed by atoms with Crippen LogP contribution >= 0.6 is 0 Å². The SMILES string of the molecule is CC(=O)OCC1=CCNC1. The summed E-state index contributed by atoms with van der Waals surface area (Å²) in [5.74, 6) is -0.215. The Bertz CT molecular complexity index is 163. The average Bonchev–Trinajstić information content (AvgIpc) is 2.34. The molecular weight excluding hydrogens is 130 g/mol. The maximum atomic E-state index is 10.3. The van der Waals surface area contributed by atoms with Crippen LogP contribution in [0.4, 0.5) is 0 Å². The van der Waals surface area contributed by atoms with Gasteiger partial charge in [-0.3, -0.25) is 4.79 Å². The van der Waals surface area contributed by atoms with Gasteiger partial charge in [0.05, 0.1) is 0 Å². The Hall–Kier alpha value is -0.830. The van der Waals surface area contributed by atoms with Crippen LogP contribution in [0.3, 0.4) is 0 Å². The second kappa shape index (κ2) is 3.37. The molecule has 1 aliphatic heterocycles. The molecule has 0 fully saturated rings. The third-order valence-electron chi connectivity index (χ3n) is 1.35. The fourth-order valence-corrected chi connectivity index (χ4v) is 0.826. The topological polar surface area (TPSA) is 38.3 Å². The van der Waals surface area contributed by atoms with Gasteiger partial charge in [0.15, 0.2) is 0 Å². The van der Waals surface area contributed by atoms with Crippen molar-refractivity contribution in [2.75, 3.05) is 19.7 Å². The first-order valence-corrected chi connectivity index (χ1v) is 3.31. The Morgan fingerprint density at radius 2 is 2.70 bits per heavy atom. The molecule has 0 aliphatic carbocycles. The maximum Gasteiger partial charge on any atom is 0.302 e. The van der Waals surface area contributed by atoms with Crippen LogP contribution < -0.4 is 5.32 Å². The first-order valence-electron chi connectivity index (χ1n) is 3.31. The molecule has 1 N–H and O–H groups in total. The summed E-state index contributed by atoms with van der Waals surface area (Å²) in [6.07, 6.45) is 2.04. The number of rotatable bonds is 2. The highest BCUT2D eigenvalue weighted by molar-refractivity contribution is 5.66. The van der Waals surface area contributed by atoms with E-state index in [0.717, 1.165) is 18.7 Å². The lowest BCUT2D eigenvalue weighted by molar-refractivity contribution is -0.139. The van der Waals surface area contributed by atoms with Crippen molar-refractivity contribution in [1.82, 2.24) is 5.32 Å². The van der Waals surface area contributed by atoms with E-state index >= 15 is 0 Å². The summed E-state index contributed by atoms with van der Waals surface area (Å²) in [7, 11) is 0. The molecule has 10 heavy (non-hydrogen) atoms. The number of carbonyl (C=O) groups is 1. The van der Waals surface area contributed by atoms with E-state index in [1.807, 2.05) is 6.08 Å². The Morgan fingerprint density at radius 1 is 1.90 bits per heavy atom. The molecule has 0 atom stereocenters. The van der Waals surface area contributed by atoms with Gasteiger partial charge in [0.25, 0.3) is 0 Å². The molecule has 1 aliphatic rings. The number of hydrogen-bond acceptors (Lipinski definition) is 3. The Balaban J connectivity index is 2.19. The van der Waals surface area contributed by atoms with E-state index < -0.39 is 0 Å². The standard InChI is InChI=1S/C7H11NO2/c1-6(9)10-5-7-2-3-8-4-7/h2,8H,3-5H2,1H3. The monoisotopic (exact) mass is 141 g/mol. The zero-order valence-electron chi connectivity index (χ0n) is 6.02. The van der Waals surface area contributed by atoms with Crippen molar-refractivity contribution >= 4 is 5.97 Å². The Kier molecular flexibility index (Phi) is 2.45. The summed E-state index contributed by atoms with van der Waals surface area (Å²) in [6.45, 7) is 3.62. The Morgan fingerprint density at radius 3 is 3.20 bits per heavy atom. The zero-order chi connectivity index (χ0) is 7.40. The van der Waals surface area contributed by atoms with Gasteiger partial charge in [-0.25, -0.2) is 0 Å². The van der Waals surface area contributed by atoms with E-state index in [2.05, 4.69) is 5.32 Å². The van der Waals surface area contributed by atoms with Crippen LogP contribution in [0.15, 0.2) is 11.6 Å². The number of hydrogen-bond donors (Lipinski definition) is 1. The fraction of sp³-hybridized carbons (Fsp3) is 0.571. The van der Waals surface area contributed by atoms with Gasteiger partial charge in [-0.05, 0) is 5.57 Å². The smallest absolute Gasteiger partial charge is 0.302 e. The van der Waals surface area contributed by atoms with Gasteiger partial charge in [0, 0.05) is 20.0 Å². The highest BCUT2D eigenvalue weighted by Crippen LogP contribution is 1.98. The molecule has 0 radical (unpaired) electrons. The minimum absolute atomic E-state index is 0.215. The number of nitrogens with one attached hydrogen (secondary N) is 1. The van der Waals surface area contributed by atoms with Crippen LogP contribution in [0.2, 0.25) is 0 Å². The summed E-state index contributed by atoms with van der Waals surface area (Å²) in [6, 6.07) is 0. The summed E-state index contributed by atoms with van der Waals surface area (Å²) < 4.78 is 4.78. The molecule has 3 heteroatoms. The molecule has 0 saturated carbocycles. The summed E-state index contributed by atoms with van der Waals surface area (Å²) in [5.41, 5.74) is 1.16. The molecule has 0 amide bonds. The molecule has 3 nitrogen and oxygen atoms in total. The van der Waals surface area contributed by atoms with Crippen molar-refractivity contribution in [2.24, 2.45) is 0 Å². The molecule has 0 spiro atoms. The first kappa shape index (κ1) is 7.28. The summed E-state index contributed by atoms with van der Waals surface area (Å²) >= 11 is 0. The van der Waals surface area contributed by atoms with E-state index in [9.17, 15) is 4.79 Å². The maximum absolute atomic E-state index is 10.3. The van der Waals surface area contributed by atoms with Gasteiger partial charge in [-0.15, -0.1) is 0 Å². The van der Waals surface area contributed by atoms with Gasteiger partial charge < -0.3 is 10.1 Å². The molecular formula is C7H11NO2. The second-order valence-corrected chi connectivity index (χ2v) is 2.27. The third kappa shape index (κ3) is 2.19. The van der Waals surface area contributed by atoms with Crippen LogP contribution in [-0.4, -0.2) is 25.7 Å². The number of esters is 1. The number of ether oxygens (including phenoxy) is 1. The Labute approximate surface area is 60.1 Å². The van der Waals surface area contributed by atoms with E-state index in [1.54, 1.807) is 0 Å². The van der Waals surface area contributed by atoms with E-state index in [4.69, 9.17) is 4.74 Å². The molecule has 56 valence electrons. The molecule has 0 aromatic rings. The van der Waals surface area contributed by atoms with Crippen LogP contribution in [0.25, 0.3) is 0 Å². The fourth-order valence-electron chi connectivity index (χ4n) is 0.826. The highest BCUT2D eigenvalue weighted by Gasteiger charge is 2.03. The minimum Gasteiger partial charge on any atom is -0.461 e. The van der Waals surface area contributed by atoms with Gasteiger partial charge in [0.1, 0.15) is 6.61 Å². The second-order valence-electron chi connectivity index (χ2n) is 2.27. The highest BCUT2D eigenvalue weighted by atomic mass is 16.5. The quantitative estimate of drug-likeness (QED) is 0.437. The minimum atomic E-state index is -0.215. The summed E-state index contributed by atoms with van der Waals surface area (Å²) in [5, 5.41) is 3.11.